The van der Waals surface area contributed by atoms with Gasteiger partial charge in [0.1, 0.15) is 0 Å². The lowest BCUT2D eigenvalue weighted by Crippen LogP contribution is -2.28. The minimum atomic E-state index is -4.45. The third kappa shape index (κ3) is 2.76. The van der Waals surface area contributed by atoms with E-state index in [1.165, 1.54) is 4.68 Å². The summed E-state index contributed by atoms with van der Waals surface area (Å²) in [4.78, 5) is 0. The van der Waals surface area contributed by atoms with Gasteiger partial charge in [0.05, 0.1) is 12.1 Å². The molecule has 0 amide bonds. The Hall–Kier alpha value is -1.08. The van der Waals surface area contributed by atoms with Crippen molar-refractivity contribution >= 4 is 0 Å². The molecule has 1 fully saturated rings. The van der Waals surface area contributed by atoms with Gasteiger partial charge in [-0.15, -0.1) is 0 Å². The molecule has 3 unspecified atom stereocenters. The van der Waals surface area contributed by atoms with Crippen molar-refractivity contribution in [3.63, 3.8) is 0 Å². The molecule has 1 aromatic heterocycles. The van der Waals surface area contributed by atoms with Gasteiger partial charge in [-0.1, -0.05) is 13.8 Å². The molecule has 19 heavy (non-hydrogen) atoms. The Morgan fingerprint density at radius 2 is 2.05 bits per heavy atom. The van der Waals surface area contributed by atoms with Gasteiger partial charge in [-0.3, -0.25) is 4.68 Å². The zero-order chi connectivity index (χ0) is 14.4. The molecule has 0 radical (unpaired) electrons. The lowest BCUT2D eigenvalue weighted by atomic mass is 10.1. The Labute approximate surface area is 109 Å². The molecule has 1 aliphatic carbocycles. The van der Waals surface area contributed by atoms with Crippen molar-refractivity contribution in [2.75, 3.05) is 0 Å². The standard InChI is InChI=1S/C12H18F3N3O/c1-6(2)9-5-11(12(13,14)15)17-18(9)7-3-8(16)10(19)4-7/h5-8,10,19H,3-4,16H2,1-2H3. The van der Waals surface area contributed by atoms with Crippen LogP contribution in [0.25, 0.3) is 0 Å². The molecule has 0 saturated heterocycles. The molecule has 0 bridgehead atoms. The van der Waals surface area contributed by atoms with Crippen molar-refractivity contribution in [2.24, 2.45) is 5.73 Å². The average molecular weight is 277 g/mol. The van der Waals surface area contributed by atoms with E-state index >= 15 is 0 Å². The van der Waals surface area contributed by atoms with Crippen LogP contribution in [-0.4, -0.2) is 27.0 Å². The zero-order valence-electron chi connectivity index (χ0n) is 10.9. The number of nitrogens with two attached hydrogens (primary N) is 1. The van der Waals surface area contributed by atoms with Crippen LogP contribution in [0.2, 0.25) is 0 Å². The van der Waals surface area contributed by atoms with Crippen molar-refractivity contribution in [2.45, 2.75) is 57.0 Å². The van der Waals surface area contributed by atoms with E-state index in [1.54, 1.807) is 0 Å². The van der Waals surface area contributed by atoms with E-state index in [4.69, 9.17) is 5.73 Å². The number of rotatable bonds is 2. The largest absolute Gasteiger partial charge is 0.435 e. The van der Waals surface area contributed by atoms with E-state index in [0.29, 0.717) is 18.5 Å². The maximum atomic E-state index is 12.7. The fourth-order valence-corrected chi connectivity index (χ4v) is 2.49. The first-order chi connectivity index (χ1) is 8.70. The molecule has 0 aliphatic heterocycles. The first kappa shape index (κ1) is 14.3. The van der Waals surface area contributed by atoms with Crippen LogP contribution in [0.5, 0.6) is 0 Å². The summed E-state index contributed by atoms with van der Waals surface area (Å²) in [5.41, 5.74) is 5.35. The summed E-state index contributed by atoms with van der Waals surface area (Å²) in [6.45, 7) is 3.64. The summed E-state index contributed by atoms with van der Waals surface area (Å²) in [5.74, 6) is -0.0717. The lowest BCUT2D eigenvalue weighted by Gasteiger charge is -2.16. The molecule has 1 aromatic rings. The van der Waals surface area contributed by atoms with Crippen LogP contribution in [0, 0.1) is 0 Å². The number of halogens is 3. The van der Waals surface area contributed by atoms with Crippen molar-refractivity contribution in [3.8, 4) is 0 Å². The highest BCUT2D eigenvalue weighted by Crippen LogP contribution is 2.35. The molecule has 0 spiro atoms. The molecule has 0 aromatic carbocycles. The van der Waals surface area contributed by atoms with E-state index in [9.17, 15) is 18.3 Å². The monoisotopic (exact) mass is 277 g/mol. The quantitative estimate of drug-likeness (QED) is 0.869. The van der Waals surface area contributed by atoms with Gasteiger partial charge in [0.2, 0.25) is 0 Å². The molecule has 2 rings (SSSR count). The van der Waals surface area contributed by atoms with Gasteiger partial charge >= 0.3 is 6.18 Å². The fraction of sp³-hybridized carbons (Fsp3) is 0.750. The molecule has 1 aliphatic rings. The summed E-state index contributed by atoms with van der Waals surface area (Å²) in [5, 5.41) is 13.3. The van der Waals surface area contributed by atoms with Gasteiger partial charge in [-0.2, -0.15) is 18.3 Å². The second kappa shape index (κ2) is 4.79. The number of aromatic nitrogens is 2. The van der Waals surface area contributed by atoms with Gasteiger partial charge in [-0.05, 0) is 24.8 Å². The van der Waals surface area contributed by atoms with E-state index in [1.807, 2.05) is 13.8 Å². The molecule has 1 heterocycles. The summed E-state index contributed by atoms with van der Waals surface area (Å²) in [6.07, 6.45) is -4.34. The van der Waals surface area contributed by atoms with Crippen LogP contribution in [0.15, 0.2) is 6.07 Å². The number of alkyl halides is 3. The normalized spacial score (nSPS) is 28.3. The summed E-state index contributed by atoms with van der Waals surface area (Å²) in [7, 11) is 0. The van der Waals surface area contributed by atoms with Crippen molar-refractivity contribution < 1.29 is 18.3 Å². The number of aliphatic hydroxyl groups excluding tert-OH is 1. The van der Waals surface area contributed by atoms with Gasteiger partial charge in [0, 0.05) is 11.7 Å². The molecule has 108 valence electrons. The highest BCUT2D eigenvalue weighted by atomic mass is 19.4. The lowest BCUT2D eigenvalue weighted by molar-refractivity contribution is -0.141. The van der Waals surface area contributed by atoms with Gasteiger partial charge in [-0.25, -0.2) is 0 Å². The minimum Gasteiger partial charge on any atom is -0.391 e. The summed E-state index contributed by atoms with van der Waals surface area (Å²) in [6, 6.07) is 0.419. The molecule has 3 atom stereocenters. The Morgan fingerprint density at radius 3 is 2.47 bits per heavy atom. The number of aliphatic hydroxyl groups is 1. The predicted molar refractivity (Wildman–Crippen MR) is 63.6 cm³/mol. The van der Waals surface area contributed by atoms with E-state index in [0.717, 1.165) is 6.07 Å². The van der Waals surface area contributed by atoms with Crippen molar-refractivity contribution in [1.82, 2.24) is 9.78 Å². The van der Waals surface area contributed by atoms with E-state index in [2.05, 4.69) is 5.10 Å². The topological polar surface area (TPSA) is 64.1 Å². The molecule has 4 nitrogen and oxygen atoms in total. The van der Waals surface area contributed by atoms with Gasteiger partial charge in [0.15, 0.2) is 5.69 Å². The van der Waals surface area contributed by atoms with Crippen molar-refractivity contribution in [1.29, 1.82) is 0 Å². The summed E-state index contributed by atoms with van der Waals surface area (Å²) >= 11 is 0. The maximum Gasteiger partial charge on any atom is 0.435 e. The Balaban J connectivity index is 2.36. The van der Waals surface area contributed by atoms with E-state index < -0.39 is 24.0 Å². The van der Waals surface area contributed by atoms with Crippen LogP contribution in [0.3, 0.4) is 0 Å². The highest BCUT2D eigenvalue weighted by molar-refractivity contribution is 5.17. The second-order valence-corrected chi connectivity index (χ2v) is 5.41. The third-order valence-corrected chi connectivity index (χ3v) is 3.54. The minimum absolute atomic E-state index is 0.0717. The van der Waals surface area contributed by atoms with E-state index in [-0.39, 0.29) is 12.0 Å². The third-order valence-electron chi connectivity index (χ3n) is 3.54. The second-order valence-electron chi connectivity index (χ2n) is 5.41. The Bertz CT molecular complexity index is 446. The number of nitrogens with zero attached hydrogens (tertiary/aromatic N) is 2. The number of hydrogen-bond donors (Lipinski definition) is 2. The smallest absolute Gasteiger partial charge is 0.391 e. The average Bonchev–Trinajstić information content (AvgIpc) is 2.82. The molecular formula is C12H18F3N3O. The SMILES string of the molecule is CC(C)c1cc(C(F)(F)F)nn1C1CC(N)C(O)C1. The first-order valence-electron chi connectivity index (χ1n) is 6.30. The van der Waals surface area contributed by atoms with Crippen LogP contribution >= 0.6 is 0 Å². The Kier molecular flexibility index (Phi) is 3.61. The van der Waals surface area contributed by atoms with Crippen molar-refractivity contribution in [3.05, 3.63) is 17.5 Å². The molecule has 3 N–H and O–H groups in total. The maximum absolute atomic E-state index is 12.7. The van der Waals surface area contributed by atoms with Crippen LogP contribution in [0.4, 0.5) is 13.2 Å². The van der Waals surface area contributed by atoms with Crippen LogP contribution in [0.1, 0.15) is 50.0 Å². The first-order valence-corrected chi connectivity index (χ1v) is 6.30. The van der Waals surface area contributed by atoms with Gasteiger partial charge < -0.3 is 10.8 Å². The predicted octanol–water partition coefficient (Wildman–Crippen LogP) is 2.05. The highest BCUT2D eigenvalue weighted by Gasteiger charge is 2.38. The van der Waals surface area contributed by atoms with Crippen LogP contribution < -0.4 is 5.73 Å². The zero-order valence-corrected chi connectivity index (χ0v) is 10.9. The van der Waals surface area contributed by atoms with Crippen LogP contribution in [-0.2, 0) is 6.18 Å². The Morgan fingerprint density at radius 1 is 1.42 bits per heavy atom. The fourth-order valence-electron chi connectivity index (χ4n) is 2.49. The van der Waals surface area contributed by atoms with Gasteiger partial charge in [0.25, 0.3) is 0 Å². The summed E-state index contributed by atoms with van der Waals surface area (Å²) < 4.78 is 39.6. The number of hydrogen-bond acceptors (Lipinski definition) is 3. The molecular weight excluding hydrogens is 259 g/mol. The molecule has 1 saturated carbocycles. The molecule has 7 heteroatoms.